The Morgan fingerprint density at radius 3 is 2.90 bits per heavy atom. The molecular weight excluding hydrogens is 262 g/mol. The highest BCUT2D eigenvalue weighted by molar-refractivity contribution is 4.87. The zero-order chi connectivity index (χ0) is 15.1. The van der Waals surface area contributed by atoms with Crippen molar-refractivity contribution in [2.45, 2.75) is 32.6 Å². The largest absolute Gasteiger partial charge is 0.381 e. The van der Waals surface area contributed by atoms with Crippen LogP contribution in [0, 0.1) is 11.3 Å². The fourth-order valence-electron chi connectivity index (χ4n) is 4.01. The lowest BCUT2D eigenvalue weighted by atomic mass is 9.81. The first-order valence-electron chi connectivity index (χ1n) is 8.79. The standard InChI is InChI=1S/C17H35N3O/c1-4-8-18-13-17(7-5-10-21-15-17)14-20(3)12-16-6-9-19(2)11-16/h16,18H,4-15H2,1-3H3. The van der Waals surface area contributed by atoms with E-state index in [2.05, 4.69) is 36.1 Å². The van der Waals surface area contributed by atoms with Gasteiger partial charge in [0.1, 0.15) is 0 Å². The van der Waals surface area contributed by atoms with Gasteiger partial charge in [0.25, 0.3) is 0 Å². The van der Waals surface area contributed by atoms with E-state index in [1.54, 1.807) is 0 Å². The van der Waals surface area contributed by atoms with Gasteiger partial charge in [0, 0.05) is 38.2 Å². The third-order valence-electron chi connectivity index (χ3n) is 4.99. The molecule has 2 aliphatic heterocycles. The molecule has 2 rings (SSSR count). The molecule has 4 nitrogen and oxygen atoms in total. The van der Waals surface area contributed by atoms with Gasteiger partial charge in [0.15, 0.2) is 0 Å². The first-order valence-corrected chi connectivity index (χ1v) is 8.79. The Bertz CT molecular complexity index is 292. The van der Waals surface area contributed by atoms with E-state index in [4.69, 9.17) is 4.74 Å². The van der Waals surface area contributed by atoms with Crippen LogP contribution in [0.4, 0.5) is 0 Å². The molecule has 0 bridgehead atoms. The van der Waals surface area contributed by atoms with Crippen LogP contribution in [-0.2, 0) is 4.74 Å². The molecular formula is C17H35N3O. The summed E-state index contributed by atoms with van der Waals surface area (Å²) in [5.41, 5.74) is 0.326. The number of hydrogen-bond acceptors (Lipinski definition) is 4. The SMILES string of the molecule is CCCNCC1(CN(C)CC2CCN(C)C2)CCCOC1. The van der Waals surface area contributed by atoms with Gasteiger partial charge in [-0.2, -0.15) is 0 Å². The van der Waals surface area contributed by atoms with E-state index in [1.807, 2.05) is 0 Å². The summed E-state index contributed by atoms with van der Waals surface area (Å²) in [7, 11) is 4.54. The van der Waals surface area contributed by atoms with Crippen molar-refractivity contribution >= 4 is 0 Å². The normalized spacial score (nSPS) is 31.1. The Morgan fingerprint density at radius 2 is 2.29 bits per heavy atom. The van der Waals surface area contributed by atoms with Crippen molar-refractivity contribution < 1.29 is 4.74 Å². The summed E-state index contributed by atoms with van der Waals surface area (Å²) in [4.78, 5) is 5.02. The fourth-order valence-corrected chi connectivity index (χ4v) is 4.01. The molecule has 2 saturated heterocycles. The summed E-state index contributed by atoms with van der Waals surface area (Å²) < 4.78 is 5.83. The van der Waals surface area contributed by atoms with Gasteiger partial charge < -0.3 is 19.9 Å². The van der Waals surface area contributed by atoms with Crippen LogP contribution in [0.2, 0.25) is 0 Å². The molecule has 0 spiro atoms. The lowest BCUT2D eigenvalue weighted by Gasteiger charge is -2.40. The molecule has 2 fully saturated rings. The number of likely N-dealkylation sites (tertiary alicyclic amines) is 1. The number of hydrogen-bond donors (Lipinski definition) is 1. The van der Waals surface area contributed by atoms with E-state index >= 15 is 0 Å². The van der Waals surface area contributed by atoms with Gasteiger partial charge in [-0.15, -0.1) is 0 Å². The van der Waals surface area contributed by atoms with E-state index in [-0.39, 0.29) is 0 Å². The average Bonchev–Trinajstić information content (AvgIpc) is 2.85. The Labute approximate surface area is 131 Å². The summed E-state index contributed by atoms with van der Waals surface area (Å²) in [6.07, 6.45) is 5.09. The third kappa shape index (κ3) is 5.51. The minimum atomic E-state index is 0.326. The maximum Gasteiger partial charge on any atom is 0.0546 e. The van der Waals surface area contributed by atoms with Crippen LogP contribution in [0.1, 0.15) is 32.6 Å². The summed E-state index contributed by atoms with van der Waals surface area (Å²) in [5, 5.41) is 3.64. The highest BCUT2D eigenvalue weighted by atomic mass is 16.5. The van der Waals surface area contributed by atoms with E-state index in [1.165, 1.54) is 51.9 Å². The molecule has 2 unspecified atom stereocenters. The molecule has 0 aromatic rings. The number of nitrogens with zero attached hydrogens (tertiary/aromatic N) is 2. The molecule has 2 aliphatic rings. The number of ether oxygens (including phenoxy) is 1. The summed E-state index contributed by atoms with van der Waals surface area (Å²) in [6.45, 7) is 11.3. The van der Waals surface area contributed by atoms with Crippen LogP contribution in [-0.4, -0.2) is 76.4 Å². The molecule has 0 aromatic carbocycles. The summed E-state index contributed by atoms with van der Waals surface area (Å²) in [5.74, 6) is 0.852. The Balaban J connectivity index is 1.81. The van der Waals surface area contributed by atoms with Crippen molar-refractivity contribution in [2.75, 3.05) is 66.6 Å². The first kappa shape index (κ1) is 17.2. The van der Waals surface area contributed by atoms with E-state index in [0.717, 1.165) is 32.2 Å². The van der Waals surface area contributed by atoms with Crippen molar-refractivity contribution in [1.82, 2.24) is 15.1 Å². The third-order valence-corrected chi connectivity index (χ3v) is 4.99. The van der Waals surface area contributed by atoms with Crippen LogP contribution in [0.5, 0.6) is 0 Å². The minimum Gasteiger partial charge on any atom is -0.381 e. The molecule has 21 heavy (non-hydrogen) atoms. The predicted molar refractivity (Wildman–Crippen MR) is 88.7 cm³/mol. The second-order valence-electron chi connectivity index (χ2n) is 7.45. The average molecular weight is 297 g/mol. The van der Waals surface area contributed by atoms with Crippen LogP contribution >= 0.6 is 0 Å². The van der Waals surface area contributed by atoms with Gasteiger partial charge in [-0.3, -0.25) is 0 Å². The van der Waals surface area contributed by atoms with Crippen molar-refractivity contribution in [1.29, 1.82) is 0 Å². The van der Waals surface area contributed by atoms with Crippen molar-refractivity contribution in [3.63, 3.8) is 0 Å². The fraction of sp³-hybridized carbons (Fsp3) is 1.00. The predicted octanol–water partition coefficient (Wildman–Crippen LogP) is 1.67. The Morgan fingerprint density at radius 1 is 1.43 bits per heavy atom. The summed E-state index contributed by atoms with van der Waals surface area (Å²) >= 11 is 0. The second-order valence-corrected chi connectivity index (χ2v) is 7.45. The number of rotatable bonds is 8. The van der Waals surface area contributed by atoms with Crippen molar-refractivity contribution in [2.24, 2.45) is 11.3 Å². The molecule has 2 atom stereocenters. The highest BCUT2D eigenvalue weighted by Gasteiger charge is 2.34. The zero-order valence-corrected chi connectivity index (χ0v) is 14.4. The molecule has 1 N–H and O–H groups in total. The zero-order valence-electron chi connectivity index (χ0n) is 14.4. The van der Waals surface area contributed by atoms with E-state index < -0.39 is 0 Å². The van der Waals surface area contributed by atoms with E-state index in [0.29, 0.717) is 5.41 Å². The minimum absolute atomic E-state index is 0.326. The lowest BCUT2D eigenvalue weighted by molar-refractivity contribution is -0.0240. The van der Waals surface area contributed by atoms with Crippen molar-refractivity contribution in [3.8, 4) is 0 Å². The molecule has 0 aliphatic carbocycles. The maximum atomic E-state index is 5.83. The molecule has 0 saturated carbocycles. The molecule has 0 radical (unpaired) electrons. The van der Waals surface area contributed by atoms with Gasteiger partial charge in [0.2, 0.25) is 0 Å². The summed E-state index contributed by atoms with van der Waals surface area (Å²) in [6, 6.07) is 0. The van der Waals surface area contributed by atoms with Gasteiger partial charge in [-0.25, -0.2) is 0 Å². The van der Waals surface area contributed by atoms with Crippen molar-refractivity contribution in [3.05, 3.63) is 0 Å². The second kappa shape index (κ2) is 8.47. The smallest absolute Gasteiger partial charge is 0.0546 e. The number of nitrogens with one attached hydrogen (secondary N) is 1. The monoisotopic (exact) mass is 297 g/mol. The van der Waals surface area contributed by atoms with Crippen LogP contribution in [0.25, 0.3) is 0 Å². The van der Waals surface area contributed by atoms with Crippen LogP contribution in [0.3, 0.4) is 0 Å². The van der Waals surface area contributed by atoms with Gasteiger partial charge in [-0.05, 0) is 58.8 Å². The Hall–Kier alpha value is -0.160. The molecule has 124 valence electrons. The topological polar surface area (TPSA) is 27.7 Å². The van der Waals surface area contributed by atoms with Crippen LogP contribution in [0.15, 0.2) is 0 Å². The quantitative estimate of drug-likeness (QED) is 0.690. The first-order chi connectivity index (χ1) is 10.1. The molecule has 0 amide bonds. The molecule has 4 heteroatoms. The highest BCUT2D eigenvalue weighted by Crippen LogP contribution is 2.29. The van der Waals surface area contributed by atoms with Gasteiger partial charge >= 0.3 is 0 Å². The van der Waals surface area contributed by atoms with E-state index in [9.17, 15) is 0 Å². The Kier molecular flexibility index (Phi) is 6.93. The molecule has 2 heterocycles. The maximum absolute atomic E-state index is 5.83. The van der Waals surface area contributed by atoms with Gasteiger partial charge in [-0.1, -0.05) is 6.92 Å². The van der Waals surface area contributed by atoms with Gasteiger partial charge in [0.05, 0.1) is 6.61 Å². The van der Waals surface area contributed by atoms with Crippen LogP contribution < -0.4 is 5.32 Å². The lowest BCUT2D eigenvalue weighted by Crippen LogP contribution is -2.49. The molecule has 0 aromatic heterocycles.